The highest BCUT2D eigenvalue weighted by Gasteiger charge is 2.60. The van der Waals surface area contributed by atoms with Crippen LogP contribution in [0.2, 0.25) is 0 Å². The van der Waals surface area contributed by atoms with E-state index in [0.29, 0.717) is 24.3 Å². The second kappa shape index (κ2) is 6.36. The van der Waals surface area contributed by atoms with Crippen LogP contribution in [0.3, 0.4) is 0 Å². The third-order valence-electron chi connectivity index (χ3n) is 5.13. The SMILES string of the molecule is CC(C)N1C(=O)c2ccccc2C12CO2.CCN1C(=O)C(C)=C(C)C1=O. The summed E-state index contributed by atoms with van der Waals surface area (Å²) in [6.07, 6.45) is 0. The standard InChI is InChI=1S/C12H13NO2.C8H11NO2/c1-8(2)13-11(14)9-5-3-4-6-10(9)12(13)7-15-12;1-4-9-7(10)5(2)6(3)8(9)11/h3-6,8H,7H2,1-2H3;4H2,1-3H3. The minimum absolute atomic E-state index is 0.0955. The summed E-state index contributed by atoms with van der Waals surface area (Å²) in [7, 11) is 0. The average molecular weight is 356 g/mol. The quantitative estimate of drug-likeness (QED) is 0.603. The predicted molar refractivity (Wildman–Crippen MR) is 96.1 cm³/mol. The third kappa shape index (κ3) is 2.56. The lowest BCUT2D eigenvalue weighted by molar-refractivity contribution is -0.137. The monoisotopic (exact) mass is 356 g/mol. The Kier molecular flexibility index (Phi) is 4.48. The normalized spacial score (nSPS) is 23.8. The average Bonchev–Trinajstić information content (AvgIpc) is 3.33. The first kappa shape index (κ1) is 18.3. The molecule has 3 aliphatic rings. The fourth-order valence-electron chi connectivity index (χ4n) is 3.55. The molecule has 6 nitrogen and oxygen atoms in total. The van der Waals surface area contributed by atoms with Crippen molar-refractivity contribution in [3.8, 4) is 0 Å². The maximum Gasteiger partial charge on any atom is 0.257 e. The van der Waals surface area contributed by atoms with Crippen molar-refractivity contribution in [3.63, 3.8) is 0 Å². The molecule has 1 unspecified atom stereocenters. The van der Waals surface area contributed by atoms with Crippen molar-refractivity contribution in [3.05, 3.63) is 46.5 Å². The Morgan fingerprint density at radius 3 is 2.00 bits per heavy atom. The number of rotatable bonds is 2. The molecule has 6 heteroatoms. The van der Waals surface area contributed by atoms with E-state index in [1.165, 1.54) is 4.90 Å². The van der Waals surface area contributed by atoms with Gasteiger partial charge in [-0.2, -0.15) is 0 Å². The van der Waals surface area contributed by atoms with Gasteiger partial charge in [0.2, 0.25) is 0 Å². The fourth-order valence-corrected chi connectivity index (χ4v) is 3.55. The zero-order chi connectivity index (χ0) is 19.2. The minimum Gasteiger partial charge on any atom is -0.343 e. The molecule has 3 aliphatic heterocycles. The van der Waals surface area contributed by atoms with E-state index in [1.54, 1.807) is 20.8 Å². The highest BCUT2D eigenvalue weighted by Crippen LogP contribution is 2.50. The molecule has 1 atom stereocenters. The van der Waals surface area contributed by atoms with Gasteiger partial charge in [-0.15, -0.1) is 0 Å². The van der Waals surface area contributed by atoms with E-state index in [4.69, 9.17) is 4.74 Å². The molecule has 26 heavy (non-hydrogen) atoms. The van der Waals surface area contributed by atoms with Crippen LogP contribution < -0.4 is 0 Å². The van der Waals surface area contributed by atoms with Gasteiger partial charge in [-0.1, -0.05) is 18.2 Å². The zero-order valence-electron chi connectivity index (χ0n) is 15.8. The van der Waals surface area contributed by atoms with E-state index in [1.807, 2.05) is 43.0 Å². The van der Waals surface area contributed by atoms with Crippen LogP contribution in [-0.2, 0) is 20.1 Å². The molecule has 0 N–H and O–H groups in total. The fraction of sp³-hybridized carbons (Fsp3) is 0.450. The molecular weight excluding hydrogens is 332 g/mol. The van der Waals surface area contributed by atoms with Crippen molar-refractivity contribution in [2.75, 3.05) is 13.2 Å². The lowest BCUT2D eigenvalue weighted by Gasteiger charge is -2.26. The molecular formula is C20H24N2O4. The van der Waals surface area contributed by atoms with Crippen LogP contribution in [0.15, 0.2) is 35.4 Å². The van der Waals surface area contributed by atoms with Crippen LogP contribution in [0.5, 0.6) is 0 Å². The van der Waals surface area contributed by atoms with E-state index in [-0.39, 0.29) is 23.8 Å². The molecule has 0 bridgehead atoms. The van der Waals surface area contributed by atoms with Crippen LogP contribution in [0.1, 0.15) is 50.5 Å². The second-order valence-electron chi connectivity index (χ2n) is 6.99. The number of amides is 3. The molecule has 0 saturated carbocycles. The molecule has 3 amide bonds. The van der Waals surface area contributed by atoms with Crippen molar-refractivity contribution < 1.29 is 19.1 Å². The number of ether oxygens (including phenoxy) is 1. The molecule has 138 valence electrons. The van der Waals surface area contributed by atoms with E-state index in [0.717, 1.165) is 11.1 Å². The van der Waals surface area contributed by atoms with E-state index >= 15 is 0 Å². The van der Waals surface area contributed by atoms with Crippen molar-refractivity contribution in [2.45, 2.75) is 46.4 Å². The van der Waals surface area contributed by atoms with Gasteiger partial charge >= 0.3 is 0 Å². The van der Waals surface area contributed by atoms with Gasteiger partial charge in [-0.3, -0.25) is 19.3 Å². The summed E-state index contributed by atoms with van der Waals surface area (Å²) in [4.78, 5) is 37.6. The Morgan fingerprint density at radius 1 is 1.04 bits per heavy atom. The lowest BCUT2D eigenvalue weighted by Crippen LogP contribution is -2.40. The van der Waals surface area contributed by atoms with E-state index in [2.05, 4.69) is 0 Å². The number of hydrogen-bond acceptors (Lipinski definition) is 4. The molecule has 1 aromatic carbocycles. The number of carbonyl (C=O) groups is 3. The Balaban J connectivity index is 0.000000160. The maximum atomic E-state index is 12.1. The number of benzene rings is 1. The number of imide groups is 1. The number of likely N-dealkylation sites (N-methyl/N-ethyl adjacent to an activating group) is 1. The summed E-state index contributed by atoms with van der Waals surface area (Å²) >= 11 is 0. The Hall–Kier alpha value is -2.47. The molecule has 1 spiro atoms. The maximum absolute atomic E-state index is 12.1. The van der Waals surface area contributed by atoms with Crippen LogP contribution in [0, 0.1) is 0 Å². The molecule has 1 saturated heterocycles. The van der Waals surface area contributed by atoms with E-state index in [9.17, 15) is 14.4 Å². The van der Waals surface area contributed by atoms with E-state index < -0.39 is 5.72 Å². The van der Waals surface area contributed by atoms with Gasteiger partial charge in [0.1, 0.15) is 6.61 Å². The summed E-state index contributed by atoms with van der Waals surface area (Å²) in [6, 6.07) is 7.90. The molecule has 1 aromatic rings. The summed E-state index contributed by atoms with van der Waals surface area (Å²) in [5.41, 5.74) is 2.56. The summed E-state index contributed by atoms with van der Waals surface area (Å²) in [6.45, 7) is 10.3. The molecule has 0 radical (unpaired) electrons. The third-order valence-corrected chi connectivity index (χ3v) is 5.13. The van der Waals surface area contributed by atoms with Gasteiger partial charge in [0, 0.05) is 34.9 Å². The van der Waals surface area contributed by atoms with Gasteiger partial charge in [0.25, 0.3) is 17.7 Å². The Bertz CT molecular complexity index is 797. The second-order valence-corrected chi connectivity index (χ2v) is 6.99. The Labute approximate surface area is 153 Å². The highest BCUT2D eigenvalue weighted by molar-refractivity contribution is 6.18. The van der Waals surface area contributed by atoms with Crippen molar-refractivity contribution in [2.24, 2.45) is 0 Å². The topological polar surface area (TPSA) is 70.2 Å². The van der Waals surface area contributed by atoms with Crippen LogP contribution >= 0.6 is 0 Å². The molecule has 4 rings (SSSR count). The van der Waals surface area contributed by atoms with Gasteiger partial charge < -0.3 is 9.64 Å². The molecule has 1 fully saturated rings. The summed E-state index contributed by atoms with van der Waals surface area (Å²) < 4.78 is 5.53. The number of nitrogens with zero attached hydrogens (tertiary/aromatic N) is 2. The summed E-state index contributed by atoms with van der Waals surface area (Å²) in [5, 5.41) is 0. The van der Waals surface area contributed by atoms with Gasteiger partial charge in [-0.05, 0) is 40.7 Å². The van der Waals surface area contributed by atoms with Gasteiger partial charge in [0.15, 0.2) is 5.72 Å². The predicted octanol–water partition coefficient (Wildman–Crippen LogP) is 2.45. The van der Waals surface area contributed by atoms with Crippen LogP contribution in [-0.4, -0.2) is 46.7 Å². The zero-order valence-corrected chi connectivity index (χ0v) is 15.8. The minimum atomic E-state index is -0.429. The Morgan fingerprint density at radius 2 is 1.58 bits per heavy atom. The lowest BCUT2D eigenvalue weighted by atomic mass is 10.1. The van der Waals surface area contributed by atoms with Crippen molar-refractivity contribution in [1.82, 2.24) is 9.80 Å². The first-order valence-electron chi connectivity index (χ1n) is 8.87. The first-order chi connectivity index (χ1) is 12.3. The van der Waals surface area contributed by atoms with Crippen LogP contribution in [0.4, 0.5) is 0 Å². The van der Waals surface area contributed by atoms with Crippen LogP contribution in [0.25, 0.3) is 0 Å². The molecule has 0 aromatic heterocycles. The largest absolute Gasteiger partial charge is 0.343 e. The first-order valence-corrected chi connectivity index (χ1v) is 8.87. The molecule has 3 heterocycles. The highest BCUT2D eigenvalue weighted by atomic mass is 16.6. The van der Waals surface area contributed by atoms with Crippen molar-refractivity contribution in [1.29, 1.82) is 0 Å². The number of epoxide rings is 1. The van der Waals surface area contributed by atoms with Gasteiger partial charge in [0.05, 0.1) is 0 Å². The molecule has 0 aliphatic carbocycles. The number of carbonyl (C=O) groups excluding carboxylic acids is 3. The number of hydrogen-bond donors (Lipinski definition) is 0. The van der Waals surface area contributed by atoms with Gasteiger partial charge in [-0.25, -0.2) is 0 Å². The number of fused-ring (bicyclic) bond motifs is 2. The smallest absolute Gasteiger partial charge is 0.257 e. The van der Waals surface area contributed by atoms with Crippen molar-refractivity contribution >= 4 is 17.7 Å². The summed E-state index contributed by atoms with van der Waals surface area (Å²) in [5.74, 6) is -0.192.